The van der Waals surface area contributed by atoms with Gasteiger partial charge in [-0.05, 0) is 37.5 Å². The van der Waals surface area contributed by atoms with Crippen molar-refractivity contribution in [1.29, 1.82) is 0 Å². The molecule has 4 heteroatoms. The van der Waals surface area contributed by atoms with Crippen LogP contribution in [0.1, 0.15) is 39.2 Å². The van der Waals surface area contributed by atoms with Crippen LogP contribution in [0.3, 0.4) is 0 Å². The fraction of sp³-hybridized carbons (Fsp3) is 0.533. The minimum absolute atomic E-state index is 0.0478. The van der Waals surface area contributed by atoms with Crippen LogP contribution in [0.25, 0.3) is 0 Å². The van der Waals surface area contributed by atoms with Gasteiger partial charge >= 0.3 is 0 Å². The van der Waals surface area contributed by atoms with Gasteiger partial charge in [0.1, 0.15) is 11.4 Å². The van der Waals surface area contributed by atoms with Crippen molar-refractivity contribution in [3.05, 3.63) is 34.1 Å². The van der Waals surface area contributed by atoms with Gasteiger partial charge in [-0.1, -0.05) is 35.8 Å². The lowest BCUT2D eigenvalue weighted by Crippen LogP contribution is -2.41. The van der Waals surface area contributed by atoms with Crippen molar-refractivity contribution in [3.8, 4) is 0 Å². The van der Waals surface area contributed by atoms with Gasteiger partial charge in [0.2, 0.25) is 0 Å². The average molecular weight is 331 g/mol. The van der Waals surface area contributed by atoms with Crippen LogP contribution in [0.2, 0.25) is 0 Å². The number of hydrogen-bond acceptors (Lipinski definition) is 2. The molecule has 0 aliphatic carbocycles. The van der Waals surface area contributed by atoms with Crippen LogP contribution in [-0.2, 0) is 16.0 Å². The quantitative estimate of drug-likeness (QED) is 0.745. The molecule has 1 aromatic carbocycles. The standard InChI is InChI=1S/C15H20BrFO2/c1-4-15(5-2,19-6-3)14(18)9-11-7-8-12(17)10-13(11)16/h7-8,10H,4-6,9H2,1-3H3. The molecule has 0 N–H and O–H groups in total. The number of hydrogen-bond donors (Lipinski definition) is 0. The molecule has 0 amide bonds. The van der Waals surface area contributed by atoms with Crippen LogP contribution in [0.5, 0.6) is 0 Å². The second kappa shape index (κ2) is 7.15. The summed E-state index contributed by atoms with van der Waals surface area (Å²) in [5, 5.41) is 0. The summed E-state index contributed by atoms with van der Waals surface area (Å²) in [4.78, 5) is 12.5. The van der Waals surface area contributed by atoms with Crippen molar-refractivity contribution in [1.82, 2.24) is 0 Å². The Balaban J connectivity index is 2.93. The van der Waals surface area contributed by atoms with Crippen LogP contribution in [0.4, 0.5) is 4.39 Å². The van der Waals surface area contributed by atoms with Crippen LogP contribution in [-0.4, -0.2) is 18.0 Å². The number of benzene rings is 1. The SMILES string of the molecule is CCOC(CC)(CC)C(=O)Cc1ccc(F)cc1Br. The Bertz CT molecular complexity index is 442. The summed E-state index contributed by atoms with van der Waals surface area (Å²) in [5.41, 5.74) is 0.0696. The summed E-state index contributed by atoms with van der Waals surface area (Å²) < 4.78 is 19.3. The fourth-order valence-electron chi connectivity index (χ4n) is 2.20. The van der Waals surface area contributed by atoms with E-state index < -0.39 is 5.60 Å². The second-order valence-corrected chi connectivity index (χ2v) is 5.32. The number of ether oxygens (including phenoxy) is 1. The van der Waals surface area contributed by atoms with Crippen LogP contribution in [0.15, 0.2) is 22.7 Å². The summed E-state index contributed by atoms with van der Waals surface area (Å²) in [5.74, 6) is -0.267. The molecule has 1 rings (SSSR count). The zero-order valence-corrected chi connectivity index (χ0v) is 13.2. The first-order valence-corrected chi connectivity index (χ1v) is 7.39. The molecule has 0 atom stereocenters. The number of halogens is 2. The van der Waals surface area contributed by atoms with E-state index in [9.17, 15) is 9.18 Å². The molecular weight excluding hydrogens is 311 g/mol. The summed E-state index contributed by atoms with van der Waals surface area (Å²) in [7, 11) is 0. The van der Waals surface area contributed by atoms with Gasteiger partial charge in [-0.3, -0.25) is 4.79 Å². The van der Waals surface area contributed by atoms with Crippen molar-refractivity contribution in [2.75, 3.05) is 6.61 Å². The number of carbonyl (C=O) groups excluding carboxylic acids is 1. The third-order valence-corrected chi connectivity index (χ3v) is 4.18. The van der Waals surface area contributed by atoms with Gasteiger partial charge in [0, 0.05) is 17.5 Å². The van der Waals surface area contributed by atoms with E-state index >= 15 is 0 Å². The van der Waals surface area contributed by atoms with Gasteiger partial charge in [-0.25, -0.2) is 4.39 Å². The second-order valence-electron chi connectivity index (χ2n) is 4.47. The average Bonchev–Trinajstić information content (AvgIpc) is 2.39. The van der Waals surface area contributed by atoms with Crippen molar-refractivity contribution in [3.63, 3.8) is 0 Å². The Morgan fingerprint density at radius 3 is 2.42 bits per heavy atom. The molecule has 0 aliphatic rings. The Morgan fingerprint density at radius 1 is 1.32 bits per heavy atom. The molecule has 106 valence electrons. The third-order valence-electron chi connectivity index (χ3n) is 3.44. The van der Waals surface area contributed by atoms with Crippen LogP contribution in [0, 0.1) is 5.82 Å². The monoisotopic (exact) mass is 330 g/mol. The number of ketones is 1. The first-order chi connectivity index (χ1) is 8.99. The summed E-state index contributed by atoms with van der Waals surface area (Å²) in [6.45, 7) is 6.31. The fourth-order valence-corrected chi connectivity index (χ4v) is 2.70. The van der Waals surface area contributed by atoms with Crippen LogP contribution < -0.4 is 0 Å². The smallest absolute Gasteiger partial charge is 0.168 e. The molecule has 2 nitrogen and oxygen atoms in total. The summed E-state index contributed by atoms with van der Waals surface area (Å²) >= 11 is 3.29. The summed E-state index contributed by atoms with van der Waals surface area (Å²) in [6.07, 6.45) is 1.55. The van der Waals surface area contributed by atoms with Crippen molar-refractivity contribution in [2.24, 2.45) is 0 Å². The Kier molecular flexibility index (Phi) is 6.14. The zero-order valence-electron chi connectivity index (χ0n) is 11.6. The first-order valence-electron chi connectivity index (χ1n) is 6.60. The molecule has 0 unspecified atom stereocenters. The van der Waals surface area contributed by atoms with E-state index in [0.717, 1.165) is 5.56 Å². The third kappa shape index (κ3) is 3.86. The molecule has 0 heterocycles. The van der Waals surface area contributed by atoms with Crippen molar-refractivity contribution < 1.29 is 13.9 Å². The molecule has 0 fully saturated rings. The molecule has 0 spiro atoms. The Morgan fingerprint density at radius 2 is 1.95 bits per heavy atom. The topological polar surface area (TPSA) is 26.3 Å². The Labute approximate surface area is 122 Å². The molecule has 0 saturated carbocycles. The molecule has 0 bridgehead atoms. The first kappa shape index (κ1) is 16.3. The van der Waals surface area contributed by atoms with E-state index in [4.69, 9.17) is 4.74 Å². The minimum Gasteiger partial charge on any atom is -0.368 e. The lowest BCUT2D eigenvalue weighted by Gasteiger charge is -2.30. The highest BCUT2D eigenvalue weighted by Gasteiger charge is 2.35. The van der Waals surface area contributed by atoms with Gasteiger partial charge in [0.25, 0.3) is 0 Å². The highest BCUT2D eigenvalue weighted by molar-refractivity contribution is 9.10. The van der Waals surface area contributed by atoms with E-state index in [1.807, 2.05) is 20.8 Å². The van der Waals surface area contributed by atoms with E-state index in [1.165, 1.54) is 12.1 Å². The van der Waals surface area contributed by atoms with Crippen molar-refractivity contribution >= 4 is 21.7 Å². The van der Waals surface area contributed by atoms with E-state index in [2.05, 4.69) is 15.9 Å². The van der Waals surface area contributed by atoms with Gasteiger partial charge in [0.15, 0.2) is 5.78 Å². The summed E-state index contributed by atoms with van der Waals surface area (Å²) in [6, 6.07) is 4.38. The largest absolute Gasteiger partial charge is 0.368 e. The Hall–Kier alpha value is -0.740. The minimum atomic E-state index is -0.720. The van der Waals surface area contributed by atoms with E-state index in [1.54, 1.807) is 6.07 Å². The van der Waals surface area contributed by atoms with E-state index in [-0.39, 0.29) is 18.0 Å². The van der Waals surface area contributed by atoms with Gasteiger partial charge in [-0.2, -0.15) is 0 Å². The maximum absolute atomic E-state index is 13.0. The molecule has 19 heavy (non-hydrogen) atoms. The molecule has 0 radical (unpaired) electrons. The van der Waals surface area contributed by atoms with Gasteiger partial charge in [-0.15, -0.1) is 0 Å². The molecular formula is C15H20BrFO2. The zero-order chi connectivity index (χ0) is 14.5. The molecule has 0 aliphatic heterocycles. The van der Waals surface area contributed by atoms with E-state index in [0.29, 0.717) is 23.9 Å². The molecule has 0 aromatic heterocycles. The lowest BCUT2D eigenvalue weighted by atomic mass is 9.88. The highest BCUT2D eigenvalue weighted by Crippen LogP contribution is 2.26. The number of Topliss-reactive ketones (excluding diaryl/α,β-unsaturated/α-hetero) is 1. The number of carbonyl (C=O) groups is 1. The normalized spacial score (nSPS) is 11.6. The van der Waals surface area contributed by atoms with Gasteiger partial charge in [0.05, 0.1) is 0 Å². The number of rotatable bonds is 7. The predicted molar refractivity (Wildman–Crippen MR) is 77.8 cm³/mol. The predicted octanol–water partition coefficient (Wildman–Crippen LogP) is 4.30. The van der Waals surface area contributed by atoms with Crippen molar-refractivity contribution in [2.45, 2.75) is 45.6 Å². The lowest BCUT2D eigenvalue weighted by molar-refractivity contribution is -0.144. The molecule has 0 saturated heterocycles. The van der Waals surface area contributed by atoms with Crippen LogP contribution >= 0.6 is 15.9 Å². The maximum atomic E-state index is 13.0. The highest BCUT2D eigenvalue weighted by atomic mass is 79.9. The molecule has 1 aromatic rings. The maximum Gasteiger partial charge on any atom is 0.168 e. The van der Waals surface area contributed by atoms with Gasteiger partial charge < -0.3 is 4.74 Å².